The van der Waals surface area contributed by atoms with E-state index in [9.17, 15) is 22.8 Å². The Bertz CT molecular complexity index is 1020. The lowest BCUT2D eigenvalue weighted by Crippen LogP contribution is -2.56. The number of hydrogen-bond acceptors (Lipinski definition) is 6. The van der Waals surface area contributed by atoms with E-state index in [-0.39, 0.29) is 52.2 Å². The number of fused-ring (bicyclic) bond motifs is 3. The third kappa shape index (κ3) is 4.27. The van der Waals surface area contributed by atoms with Crippen molar-refractivity contribution < 1.29 is 22.8 Å². The van der Waals surface area contributed by atoms with Crippen LogP contribution in [0.15, 0.2) is 11.4 Å². The maximum absolute atomic E-state index is 13.8. The summed E-state index contributed by atoms with van der Waals surface area (Å²) in [5, 5.41) is 6.78. The van der Waals surface area contributed by atoms with Gasteiger partial charge in [-0.25, -0.2) is 4.98 Å². The second-order valence-electron chi connectivity index (χ2n) is 8.62. The van der Waals surface area contributed by atoms with E-state index in [1.54, 1.807) is 0 Å². The molecule has 174 valence electrons. The van der Waals surface area contributed by atoms with Gasteiger partial charge in [-0.05, 0) is 32.8 Å². The van der Waals surface area contributed by atoms with Gasteiger partial charge in [0.1, 0.15) is 5.82 Å². The molecular formula is C21H26F3N5O2S. The number of piperazine rings is 1. The number of hydrogen-bond donors (Lipinski definition) is 2. The fourth-order valence-electron chi connectivity index (χ4n) is 4.63. The zero-order valence-corrected chi connectivity index (χ0v) is 18.9. The Balaban J connectivity index is 1.65. The molecule has 2 unspecified atom stereocenters. The first-order chi connectivity index (χ1) is 15.1. The highest BCUT2D eigenvalue weighted by Crippen LogP contribution is 2.41. The molecule has 32 heavy (non-hydrogen) atoms. The Morgan fingerprint density at radius 2 is 1.91 bits per heavy atom. The molecule has 4 rings (SSSR count). The van der Waals surface area contributed by atoms with Crippen LogP contribution in [-0.4, -0.2) is 66.5 Å². The topological polar surface area (TPSA) is 77.6 Å². The molecule has 2 bridgehead atoms. The van der Waals surface area contributed by atoms with E-state index >= 15 is 0 Å². The second kappa shape index (κ2) is 8.51. The highest BCUT2D eigenvalue weighted by atomic mass is 32.1. The Morgan fingerprint density at radius 1 is 1.25 bits per heavy atom. The van der Waals surface area contributed by atoms with E-state index in [2.05, 4.69) is 20.5 Å². The molecule has 0 radical (unpaired) electrons. The molecule has 2 N–H and O–H groups in total. The zero-order chi connectivity index (χ0) is 23.2. The second-order valence-corrected chi connectivity index (χ2v) is 9.50. The Morgan fingerprint density at radius 3 is 2.47 bits per heavy atom. The van der Waals surface area contributed by atoms with Crippen molar-refractivity contribution in [2.75, 3.05) is 31.6 Å². The van der Waals surface area contributed by atoms with Gasteiger partial charge in [0.25, 0.3) is 5.91 Å². The van der Waals surface area contributed by atoms with Gasteiger partial charge in [-0.3, -0.25) is 14.5 Å². The van der Waals surface area contributed by atoms with Gasteiger partial charge < -0.3 is 15.5 Å². The molecule has 2 aromatic rings. The average molecular weight is 470 g/mol. The van der Waals surface area contributed by atoms with Crippen molar-refractivity contribution in [3.05, 3.63) is 22.6 Å². The maximum Gasteiger partial charge on any atom is 0.417 e. The average Bonchev–Trinajstić information content (AvgIpc) is 3.22. The highest BCUT2D eigenvalue weighted by molar-refractivity contribution is 7.17. The van der Waals surface area contributed by atoms with Crippen molar-refractivity contribution in [3.63, 3.8) is 0 Å². The Kier molecular flexibility index (Phi) is 6.06. The monoisotopic (exact) mass is 469 g/mol. The third-order valence-corrected chi connectivity index (χ3v) is 7.02. The van der Waals surface area contributed by atoms with Crippen molar-refractivity contribution in [1.29, 1.82) is 0 Å². The van der Waals surface area contributed by atoms with E-state index in [4.69, 9.17) is 0 Å². The smallest absolute Gasteiger partial charge is 0.355 e. The first-order valence-corrected chi connectivity index (χ1v) is 11.5. The van der Waals surface area contributed by atoms with E-state index in [1.807, 2.05) is 18.7 Å². The molecule has 2 aliphatic rings. The summed E-state index contributed by atoms with van der Waals surface area (Å²) >= 11 is 0.877. The summed E-state index contributed by atoms with van der Waals surface area (Å²) in [6.45, 7) is 5.07. The summed E-state index contributed by atoms with van der Waals surface area (Å²) in [7, 11) is 1.44. The van der Waals surface area contributed by atoms with Gasteiger partial charge in [0.15, 0.2) is 0 Å². The van der Waals surface area contributed by atoms with Gasteiger partial charge in [-0.15, -0.1) is 11.3 Å². The van der Waals surface area contributed by atoms with E-state index in [0.717, 1.165) is 30.2 Å². The number of anilines is 1. The molecule has 11 heteroatoms. The largest absolute Gasteiger partial charge is 0.417 e. The van der Waals surface area contributed by atoms with Crippen LogP contribution in [0.1, 0.15) is 42.6 Å². The Hall–Kier alpha value is -2.40. The minimum absolute atomic E-state index is 0.0354. The molecule has 2 atom stereocenters. The van der Waals surface area contributed by atoms with E-state index < -0.39 is 17.6 Å². The summed E-state index contributed by atoms with van der Waals surface area (Å²) < 4.78 is 41.5. The summed E-state index contributed by atoms with van der Waals surface area (Å²) in [5.74, 6) is -0.288. The first kappa shape index (κ1) is 22.8. The molecule has 4 heterocycles. The number of halogens is 3. The van der Waals surface area contributed by atoms with Crippen LogP contribution in [0.3, 0.4) is 0 Å². The van der Waals surface area contributed by atoms with Gasteiger partial charge in [0.05, 0.1) is 27.9 Å². The molecule has 2 fully saturated rings. The predicted octanol–water partition coefficient (Wildman–Crippen LogP) is 2.85. The molecule has 0 aromatic carbocycles. The van der Waals surface area contributed by atoms with Gasteiger partial charge in [-0.2, -0.15) is 13.2 Å². The number of aromatic nitrogens is 1. The third-order valence-electron chi connectivity index (χ3n) is 6.02. The van der Waals surface area contributed by atoms with Crippen LogP contribution in [0.4, 0.5) is 19.0 Å². The summed E-state index contributed by atoms with van der Waals surface area (Å²) in [4.78, 5) is 33.0. The summed E-state index contributed by atoms with van der Waals surface area (Å²) in [6, 6.07) is 1.28. The standard InChI is InChI=1S/C21H26F3N5O2S/c1-11(2)26-17(30)9-29-12-4-5-13(29)8-28(7-12)16-6-15(21(22,23)24)19-18(27-16)14(10-32-19)20(31)25-3/h6,10-13H,4-5,7-9H2,1-3H3,(H,25,31)(H,26,30). The number of nitrogens with one attached hydrogen (secondary N) is 2. The van der Waals surface area contributed by atoms with Crippen LogP contribution in [0.25, 0.3) is 10.2 Å². The number of nitrogens with zero attached hydrogens (tertiary/aromatic N) is 3. The van der Waals surface area contributed by atoms with E-state index in [1.165, 1.54) is 12.4 Å². The number of thiophene rings is 1. The van der Waals surface area contributed by atoms with Crippen LogP contribution in [0.2, 0.25) is 0 Å². The number of carbonyl (C=O) groups is 2. The first-order valence-electron chi connectivity index (χ1n) is 10.6. The fourth-order valence-corrected chi connectivity index (χ4v) is 5.66. The molecular weight excluding hydrogens is 443 g/mol. The maximum atomic E-state index is 13.8. The SMILES string of the molecule is CNC(=O)c1csc2c(C(F)(F)F)cc(N3CC4CCC(C3)N4CC(=O)NC(C)C)nc12. The van der Waals surface area contributed by atoms with Crippen LogP contribution in [0, 0.1) is 0 Å². The number of carbonyl (C=O) groups excluding carboxylic acids is 2. The quantitative estimate of drug-likeness (QED) is 0.704. The number of alkyl halides is 3. The lowest BCUT2D eigenvalue weighted by atomic mass is 10.1. The highest BCUT2D eigenvalue weighted by Gasteiger charge is 2.42. The molecule has 7 nitrogen and oxygen atoms in total. The van der Waals surface area contributed by atoms with Crippen molar-refractivity contribution >= 4 is 39.2 Å². The lowest BCUT2D eigenvalue weighted by Gasteiger charge is -2.41. The lowest BCUT2D eigenvalue weighted by molar-refractivity contribution is -0.136. The molecule has 2 saturated heterocycles. The Labute approximate surface area is 188 Å². The fraction of sp³-hybridized carbons (Fsp3) is 0.571. The van der Waals surface area contributed by atoms with E-state index in [0.29, 0.717) is 13.1 Å². The zero-order valence-electron chi connectivity index (χ0n) is 18.1. The van der Waals surface area contributed by atoms with Crippen molar-refractivity contribution in [3.8, 4) is 0 Å². The number of rotatable bonds is 5. The van der Waals surface area contributed by atoms with Crippen LogP contribution in [0.5, 0.6) is 0 Å². The summed E-state index contributed by atoms with van der Waals surface area (Å²) in [6.07, 6.45) is -2.80. The molecule has 2 aromatic heterocycles. The number of amides is 2. The van der Waals surface area contributed by atoms with Crippen LogP contribution >= 0.6 is 11.3 Å². The van der Waals surface area contributed by atoms with Crippen molar-refractivity contribution in [2.45, 2.75) is 51.0 Å². The van der Waals surface area contributed by atoms with Gasteiger partial charge in [-0.1, -0.05) is 0 Å². The number of pyridine rings is 1. The van der Waals surface area contributed by atoms with Gasteiger partial charge >= 0.3 is 6.18 Å². The normalized spacial score (nSPS) is 21.4. The van der Waals surface area contributed by atoms with Gasteiger partial charge in [0, 0.05) is 43.6 Å². The predicted molar refractivity (Wildman–Crippen MR) is 117 cm³/mol. The molecule has 2 aliphatic heterocycles. The van der Waals surface area contributed by atoms with Gasteiger partial charge in [0.2, 0.25) is 5.91 Å². The molecule has 0 aliphatic carbocycles. The minimum Gasteiger partial charge on any atom is -0.355 e. The van der Waals surface area contributed by atoms with Crippen LogP contribution < -0.4 is 15.5 Å². The van der Waals surface area contributed by atoms with Crippen molar-refractivity contribution in [1.82, 2.24) is 20.5 Å². The minimum atomic E-state index is -4.56. The van der Waals surface area contributed by atoms with Crippen LogP contribution in [-0.2, 0) is 11.0 Å². The summed E-state index contributed by atoms with van der Waals surface area (Å²) in [5.41, 5.74) is -0.555. The van der Waals surface area contributed by atoms with Crippen molar-refractivity contribution in [2.24, 2.45) is 0 Å². The molecule has 0 saturated carbocycles. The molecule has 2 amide bonds. The molecule has 0 spiro atoms.